The van der Waals surface area contributed by atoms with E-state index in [-0.39, 0.29) is 11.1 Å². The molecule has 0 aliphatic heterocycles. The first-order chi connectivity index (χ1) is 15.5. The van der Waals surface area contributed by atoms with Crippen LogP contribution in [0.2, 0.25) is 0 Å². The van der Waals surface area contributed by atoms with Crippen molar-refractivity contribution in [1.29, 1.82) is 0 Å². The first kappa shape index (κ1) is 23.6. The van der Waals surface area contributed by atoms with Gasteiger partial charge in [0.25, 0.3) is 5.91 Å². The molecule has 0 saturated heterocycles. The number of nitrogens with one attached hydrogen (secondary N) is 1. The Labute approximate surface area is 189 Å². The van der Waals surface area contributed by atoms with Crippen LogP contribution >= 0.6 is 0 Å². The number of hydrogen-bond donors (Lipinski definition) is 1. The first-order valence-corrected chi connectivity index (χ1v) is 10.9. The number of carboxylic acids is 1. The summed E-state index contributed by atoms with van der Waals surface area (Å²) in [6.07, 6.45) is 0. The van der Waals surface area contributed by atoms with Gasteiger partial charge in [0, 0.05) is 11.1 Å². The highest BCUT2D eigenvalue weighted by molar-refractivity contribution is 7.85. The Morgan fingerprint density at radius 2 is 1.39 bits per heavy atom. The van der Waals surface area contributed by atoms with E-state index in [1.165, 1.54) is 12.1 Å². The van der Waals surface area contributed by atoms with E-state index in [0.29, 0.717) is 17.2 Å². The van der Waals surface area contributed by atoms with E-state index in [0.717, 1.165) is 6.07 Å². The SMILES string of the molecule is Cc1ccccc1C(=O)Nc1cc(S(=O)(=O)[O-])cc(C(=O)[O-])c1OC(=O)c1ccccc1C. The van der Waals surface area contributed by atoms with Crippen LogP contribution in [0, 0.1) is 13.8 Å². The number of benzene rings is 3. The molecule has 0 aliphatic rings. The number of aryl methyl sites for hydroxylation is 2. The van der Waals surface area contributed by atoms with Gasteiger partial charge in [-0.15, -0.1) is 0 Å². The van der Waals surface area contributed by atoms with Crippen molar-refractivity contribution in [2.24, 2.45) is 0 Å². The van der Waals surface area contributed by atoms with Crippen LogP contribution in [0.15, 0.2) is 65.6 Å². The predicted octanol–water partition coefficient (Wildman–Crippen LogP) is 2.04. The van der Waals surface area contributed by atoms with Gasteiger partial charge in [-0.3, -0.25) is 4.79 Å². The van der Waals surface area contributed by atoms with Crippen molar-refractivity contribution in [2.45, 2.75) is 18.7 Å². The topological polar surface area (TPSA) is 153 Å². The third-order valence-corrected chi connectivity index (χ3v) is 5.58. The van der Waals surface area contributed by atoms with E-state index >= 15 is 0 Å². The van der Waals surface area contributed by atoms with Gasteiger partial charge in [-0.1, -0.05) is 36.4 Å². The average Bonchev–Trinajstić information content (AvgIpc) is 2.74. The molecule has 0 atom stereocenters. The number of amides is 1. The predicted molar refractivity (Wildman–Crippen MR) is 114 cm³/mol. The second-order valence-corrected chi connectivity index (χ2v) is 8.44. The second-order valence-electron chi connectivity index (χ2n) is 7.06. The van der Waals surface area contributed by atoms with Crippen LogP contribution in [0.3, 0.4) is 0 Å². The average molecular weight is 467 g/mol. The lowest BCUT2D eigenvalue weighted by Gasteiger charge is -2.19. The first-order valence-electron chi connectivity index (χ1n) is 9.49. The highest BCUT2D eigenvalue weighted by Gasteiger charge is 2.22. The van der Waals surface area contributed by atoms with Gasteiger partial charge in [-0.2, -0.15) is 0 Å². The minimum Gasteiger partial charge on any atom is -0.744 e. The molecule has 0 bridgehead atoms. The number of aromatic carboxylic acids is 1. The molecule has 0 spiro atoms. The zero-order valence-corrected chi connectivity index (χ0v) is 18.3. The number of esters is 1. The fourth-order valence-corrected chi connectivity index (χ4v) is 3.59. The lowest BCUT2D eigenvalue weighted by atomic mass is 10.1. The van der Waals surface area contributed by atoms with Crippen molar-refractivity contribution in [2.75, 3.05) is 5.32 Å². The molecule has 0 saturated carbocycles. The van der Waals surface area contributed by atoms with Gasteiger partial charge in [-0.25, -0.2) is 13.2 Å². The Morgan fingerprint density at radius 3 is 1.91 bits per heavy atom. The van der Waals surface area contributed by atoms with Crippen LogP contribution in [0.4, 0.5) is 5.69 Å². The summed E-state index contributed by atoms with van der Waals surface area (Å²) in [7, 11) is -5.13. The van der Waals surface area contributed by atoms with E-state index in [9.17, 15) is 32.5 Å². The molecule has 0 unspecified atom stereocenters. The Hall–Kier alpha value is -4.02. The van der Waals surface area contributed by atoms with Crippen LogP contribution in [0.25, 0.3) is 0 Å². The normalized spacial score (nSPS) is 11.0. The molecule has 10 heteroatoms. The summed E-state index contributed by atoms with van der Waals surface area (Å²) in [6, 6.07) is 14.0. The van der Waals surface area contributed by atoms with Crippen molar-refractivity contribution in [1.82, 2.24) is 0 Å². The van der Waals surface area contributed by atoms with Crippen LogP contribution in [0.1, 0.15) is 42.2 Å². The van der Waals surface area contributed by atoms with Crippen LogP contribution in [0.5, 0.6) is 5.75 Å². The number of carbonyl (C=O) groups is 3. The van der Waals surface area contributed by atoms with Crippen molar-refractivity contribution in [3.8, 4) is 5.75 Å². The molecule has 0 aliphatic carbocycles. The number of rotatable bonds is 6. The van der Waals surface area contributed by atoms with Crippen LogP contribution < -0.4 is 15.2 Å². The molecule has 3 aromatic rings. The highest BCUT2D eigenvalue weighted by Crippen LogP contribution is 2.34. The van der Waals surface area contributed by atoms with Crippen LogP contribution in [-0.2, 0) is 10.1 Å². The van der Waals surface area contributed by atoms with Gasteiger partial charge in [0.2, 0.25) is 0 Å². The number of hydrogen-bond acceptors (Lipinski definition) is 8. The van der Waals surface area contributed by atoms with Crippen molar-refractivity contribution in [3.63, 3.8) is 0 Å². The third kappa shape index (κ3) is 5.25. The maximum absolute atomic E-state index is 12.8. The zero-order chi connectivity index (χ0) is 24.3. The maximum Gasteiger partial charge on any atom is 0.343 e. The van der Waals surface area contributed by atoms with E-state index < -0.39 is 49.9 Å². The molecular weight excluding hydrogens is 450 g/mol. The molecule has 3 aromatic carbocycles. The van der Waals surface area contributed by atoms with E-state index in [1.54, 1.807) is 50.2 Å². The summed E-state index contributed by atoms with van der Waals surface area (Å²) in [4.78, 5) is 36.3. The van der Waals surface area contributed by atoms with Crippen molar-refractivity contribution >= 4 is 33.7 Å². The van der Waals surface area contributed by atoms with E-state index in [4.69, 9.17) is 4.74 Å². The monoisotopic (exact) mass is 467 g/mol. The molecule has 3 rings (SSSR count). The van der Waals surface area contributed by atoms with E-state index in [2.05, 4.69) is 5.32 Å². The second kappa shape index (κ2) is 9.23. The number of anilines is 1. The summed E-state index contributed by atoms with van der Waals surface area (Å²) < 4.78 is 40.0. The Bertz CT molecular complexity index is 1380. The molecule has 1 amide bonds. The Morgan fingerprint density at radius 1 is 0.848 bits per heavy atom. The fourth-order valence-electron chi connectivity index (χ4n) is 3.07. The minimum atomic E-state index is -5.13. The summed E-state index contributed by atoms with van der Waals surface area (Å²) >= 11 is 0. The smallest absolute Gasteiger partial charge is 0.343 e. The van der Waals surface area contributed by atoms with Gasteiger partial charge in [0.15, 0.2) is 5.75 Å². The van der Waals surface area contributed by atoms with Gasteiger partial charge in [0.1, 0.15) is 10.1 Å². The Balaban J connectivity index is 2.16. The standard InChI is InChI=1S/C23H19NO8S/c1-13-7-3-5-9-16(13)21(25)24-19-12-15(33(29,30)31)11-18(22(26)27)20(19)32-23(28)17-10-6-4-8-14(17)2/h3-12H,1-2H3,(H,24,25)(H,26,27)(H,29,30,31)/p-2. The van der Waals surface area contributed by atoms with Gasteiger partial charge < -0.3 is 24.5 Å². The molecule has 1 N–H and O–H groups in total. The maximum atomic E-state index is 12.8. The molecule has 0 aromatic heterocycles. The van der Waals surface area contributed by atoms with Gasteiger partial charge in [0.05, 0.1) is 22.1 Å². The minimum absolute atomic E-state index is 0.110. The lowest BCUT2D eigenvalue weighted by Crippen LogP contribution is -2.26. The molecule has 0 radical (unpaired) electrons. The molecule has 170 valence electrons. The largest absolute Gasteiger partial charge is 0.744 e. The van der Waals surface area contributed by atoms with Crippen molar-refractivity contribution in [3.05, 3.63) is 88.5 Å². The summed E-state index contributed by atoms with van der Waals surface area (Å²) in [6.45, 7) is 3.28. The van der Waals surface area contributed by atoms with E-state index in [1.807, 2.05) is 0 Å². The summed E-state index contributed by atoms with van der Waals surface area (Å²) in [5.74, 6) is -4.29. The molecule has 9 nitrogen and oxygen atoms in total. The molecular formula is C23H17NO8S-2. The van der Waals surface area contributed by atoms with Gasteiger partial charge >= 0.3 is 5.97 Å². The Kier molecular flexibility index (Phi) is 6.61. The third-order valence-electron chi connectivity index (χ3n) is 4.77. The summed E-state index contributed by atoms with van der Waals surface area (Å²) in [5.41, 5.74) is 0.00996. The highest BCUT2D eigenvalue weighted by atomic mass is 32.2. The number of ether oxygens (including phenoxy) is 1. The number of carbonyl (C=O) groups excluding carboxylic acids is 3. The lowest BCUT2D eigenvalue weighted by molar-refractivity contribution is -0.255. The zero-order valence-electron chi connectivity index (χ0n) is 17.4. The van der Waals surface area contributed by atoms with Crippen LogP contribution in [-0.4, -0.2) is 30.8 Å². The summed E-state index contributed by atoms with van der Waals surface area (Å²) in [5, 5.41) is 14.1. The van der Waals surface area contributed by atoms with Gasteiger partial charge in [-0.05, 0) is 49.2 Å². The quantitative estimate of drug-likeness (QED) is 0.328. The van der Waals surface area contributed by atoms with Crippen molar-refractivity contribution < 1.29 is 37.2 Å². The molecule has 0 fully saturated rings. The molecule has 33 heavy (non-hydrogen) atoms. The molecule has 0 heterocycles. The fraction of sp³-hybridized carbons (Fsp3) is 0.0870. The number of carboxylic acid groups (broad SMARTS) is 1.